The summed E-state index contributed by atoms with van der Waals surface area (Å²) < 4.78 is 13.5. The van der Waals surface area contributed by atoms with E-state index in [0.717, 1.165) is 4.90 Å². The number of carbonyl (C=O) groups is 1. The first-order valence-electron chi connectivity index (χ1n) is 5.78. The fourth-order valence-electron chi connectivity index (χ4n) is 1.53. The van der Waals surface area contributed by atoms with Gasteiger partial charge >= 0.3 is 0 Å². The van der Waals surface area contributed by atoms with Crippen LogP contribution in [-0.2, 0) is 4.79 Å². The Balaban J connectivity index is 1.96. The van der Waals surface area contributed by atoms with Crippen LogP contribution in [0.15, 0.2) is 47.4 Å². The number of hydrogen-bond donors (Lipinski definition) is 2. The minimum atomic E-state index is -0.518. The molecule has 0 radical (unpaired) electrons. The first kappa shape index (κ1) is 14.7. The molecule has 0 aliphatic heterocycles. The topological polar surface area (TPSA) is 55.1 Å². The summed E-state index contributed by atoms with van der Waals surface area (Å²) in [5.41, 5.74) is 6.02. The van der Waals surface area contributed by atoms with Crippen molar-refractivity contribution in [3.05, 3.63) is 53.3 Å². The quantitative estimate of drug-likeness (QED) is 0.667. The van der Waals surface area contributed by atoms with Crippen molar-refractivity contribution in [2.24, 2.45) is 0 Å². The molecule has 2 rings (SSSR count). The van der Waals surface area contributed by atoms with Crippen molar-refractivity contribution in [3.8, 4) is 0 Å². The number of rotatable bonds is 4. The van der Waals surface area contributed by atoms with Crippen molar-refractivity contribution in [2.45, 2.75) is 4.90 Å². The average Bonchev–Trinajstić information content (AvgIpc) is 2.42. The molecule has 3 N–H and O–H groups in total. The average molecular weight is 311 g/mol. The molecule has 0 aliphatic carbocycles. The summed E-state index contributed by atoms with van der Waals surface area (Å²) >= 11 is 7.27. The van der Waals surface area contributed by atoms with Crippen LogP contribution in [-0.4, -0.2) is 11.7 Å². The Kier molecular flexibility index (Phi) is 4.87. The second-order valence-electron chi connectivity index (χ2n) is 4.01. The molecule has 0 aliphatic rings. The van der Waals surface area contributed by atoms with Gasteiger partial charge in [-0.1, -0.05) is 23.7 Å². The monoisotopic (exact) mass is 310 g/mol. The zero-order chi connectivity index (χ0) is 14.5. The molecule has 20 heavy (non-hydrogen) atoms. The van der Waals surface area contributed by atoms with Gasteiger partial charge in [-0.15, -0.1) is 11.8 Å². The lowest BCUT2D eigenvalue weighted by atomic mass is 10.2. The summed E-state index contributed by atoms with van der Waals surface area (Å²) in [6.45, 7) is 0. The Morgan fingerprint density at radius 3 is 2.80 bits per heavy atom. The van der Waals surface area contributed by atoms with Crippen LogP contribution in [0.5, 0.6) is 0 Å². The van der Waals surface area contributed by atoms with Crippen LogP contribution in [0.4, 0.5) is 15.8 Å². The third kappa shape index (κ3) is 3.88. The number of hydrogen-bond acceptors (Lipinski definition) is 3. The minimum absolute atomic E-state index is 0.0785. The van der Waals surface area contributed by atoms with E-state index in [0.29, 0.717) is 10.7 Å². The van der Waals surface area contributed by atoms with Crippen LogP contribution in [0.2, 0.25) is 5.02 Å². The molecule has 0 spiro atoms. The summed E-state index contributed by atoms with van der Waals surface area (Å²) in [7, 11) is 0. The highest BCUT2D eigenvalue weighted by molar-refractivity contribution is 8.00. The van der Waals surface area contributed by atoms with Crippen molar-refractivity contribution in [1.29, 1.82) is 0 Å². The Hall–Kier alpha value is -1.72. The molecular weight excluding hydrogens is 299 g/mol. The predicted octanol–water partition coefficient (Wildman–Crippen LogP) is 3.79. The fraction of sp³-hybridized carbons (Fsp3) is 0.0714. The van der Waals surface area contributed by atoms with Crippen LogP contribution < -0.4 is 11.1 Å². The summed E-state index contributed by atoms with van der Waals surface area (Å²) in [6, 6.07) is 11.3. The first-order chi connectivity index (χ1) is 9.56. The molecule has 3 nitrogen and oxygen atoms in total. The lowest BCUT2D eigenvalue weighted by Crippen LogP contribution is -2.15. The van der Waals surface area contributed by atoms with Gasteiger partial charge in [0.25, 0.3) is 0 Å². The SMILES string of the molecule is Nc1ccc(F)c(NC(=O)CSc2ccccc2Cl)c1. The largest absolute Gasteiger partial charge is 0.399 e. The standard InChI is InChI=1S/C14H12ClFN2OS/c15-10-3-1-2-4-13(10)20-8-14(19)18-12-7-9(17)5-6-11(12)16/h1-7H,8,17H2,(H,18,19). The number of nitrogens with one attached hydrogen (secondary N) is 1. The van der Waals surface area contributed by atoms with E-state index in [-0.39, 0.29) is 17.3 Å². The van der Waals surface area contributed by atoms with Crippen LogP contribution in [0.25, 0.3) is 0 Å². The zero-order valence-electron chi connectivity index (χ0n) is 10.4. The number of thioether (sulfide) groups is 1. The van der Waals surface area contributed by atoms with Crippen LogP contribution in [0, 0.1) is 5.82 Å². The number of carbonyl (C=O) groups excluding carboxylic acids is 1. The molecule has 0 atom stereocenters. The van der Waals surface area contributed by atoms with Crippen LogP contribution in [0.3, 0.4) is 0 Å². The zero-order valence-corrected chi connectivity index (χ0v) is 12.0. The third-order valence-corrected chi connectivity index (χ3v) is 3.98. The maximum absolute atomic E-state index is 13.5. The van der Waals surface area contributed by atoms with Gasteiger partial charge in [0, 0.05) is 10.6 Å². The maximum atomic E-state index is 13.5. The predicted molar refractivity (Wildman–Crippen MR) is 81.6 cm³/mol. The number of anilines is 2. The number of nitrogens with two attached hydrogens (primary N) is 1. The highest BCUT2D eigenvalue weighted by Gasteiger charge is 2.09. The molecular formula is C14H12ClFN2OS. The Morgan fingerprint density at radius 1 is 1.30 bits per heavy atom. The number of benzene rings is 2. The van der Waals surface area contributed by atoms with Gasteiger partial charge in [-0.3, -0.25) is 4.79 Å². The van der Waals surface area contributed by atoms with Gasteiger partial charge in [0.05, 0.1) is 16.5 Å². The van der Waals surface area contributed by atoms with Gasteiger partial charge in [-0.05, 0) is 30.3 Å². The molecule has 0 aromatic heterocycles. The summed E-state index contributed by atoms with van der Waals surface area (Å²) in [4.78, 5) is 12.6. The number of nitrogen functional groups attached to an aromatic ring is 1. The van der Waals surface area contributed by atoms with E-state index in [1.54, 1.807) is 6.07 Å². The van der Waals surface area contributed by atoms with Gasteiger partial charge in [-0.25, -0.2) is 4.39 Å². The van der Waals surface area contributed by atoms with Crippen molar-refractivity contribution < 1.29 is 9.18 Å². The van der Waals surface area contributed by atoms with Crippen molar-refractivity contribution >= 4 is 40.6 Å². The van der Waals surface area contributed by atoms with Gasteiger partial charge in [0.2, 0.25) is 5.91 Å². The Labute approximate surface area is 125 Å². The minimum Gasteiger partial charge on any atom is -0.399 e. The van der Waals surface area contributed by atoms with E-state index in [9.17, 15) is 9.18 Å². The lowest BCUT2D eigenvalue weighted by molar-refractivity contribution is -0.113. The van der Waals surface area contributed by atoms with E-state index < -0.39 is 5.82 Å². The van der Waals surface area contributed by atoms with Gasteiger partial charge in [0.15, 0.2) is 0 Å². The second-order valence-corrected chi connectivity index (χ2v) is 5.43. The van der Waals surface area contributed by atoms with Crippen molar-refractivity contribution in [1.82, 2.24) is 0 Å². The van der Waals surface area contributed by atoms with E-state index in [1.165, 1.54) is 30.0 Å². The molecule has 0 fully saturated rings. The highest BCUT2D eigenvalue weighted by Crippen LogP contribution is 2.26. The van der Waals surface area contributed by atoms with E-state index >= 15 is 0 Å². The second kappa shape index (κ2) is 6.63. The molecule has 0 unspecified atom stereocenters. The Bertz CT molecular complexity index is 636. The smallest absolute Gasteiger partial charge is 0.234 e. The van der Waals surface area contributed by atoms with E-state index in [4.69, 9.17) is 17.3 Å². The number of halogens is 2. The summed E-state index contributed by atoms with van der Waals surface area (Å²) in [5.74, 6) is -0.701. The van der Waals surface area contributed by atoms with E-state index in [2.05, 4.69) is 5.32 Å². The molecule has 0 saturated carbocycles. The lowest BCUT2D eigenvalue weighted by Gasteiger charge is -2.07. The van der Waals surface area contributed by atoms with Crippen LogP contribution >= 0.6 is 23.4 Å². The molecule has 104 valence electrons. The summed E-state index contributed by atoms with van der Waals surface area (Å²) in [5, 5.41) is 3.07. The molecule has 2 aromatic rings. The van der Waals surface area contributed by atoms with Gasteiger partial charge in [-0.2, -0.15) is 0 Å². The molecule has 0 saturated heterocycles. The summed E-state index contributed by atoms with van der Waals surface area (Å²) in [6.07, 6.45) is 0. The van der Waals surface area contributed by atoms with Crippen LogP contribution in [0.1, 0.15) is 0 Å². The van der Waals surface area contributed by atoms with Crippen molar-refractivity contribution in [3.63, 3.8) is 0 Å². The molecule has 0 bridgehead atoms. The van der Waals surface area contributed by atoms with Gasteiger partial charge in [0.1, 0.15) is 5.82 Å². The maximum Gasteiger partial charge on any atom is 0.234 e. The first-order valence-corrected chi connectivity index (χ1v) is 7.15. The third-order valence-electron chi connectivity index (χ3n) is 2.46. The van der Waals surface area contributed by atoms with E-state index in [1.807, 2.05) is 18.2 Å². The number of amides is 1. The highest BCUT2D eigenvalue weighted by atomic mass is 35.5. The molecule has 2 aromatic carbocycles. The Morgan fingerprint density at radius 2 is 2.05 bits per heavy atom. The molecule has 1 amide bonds. The normalized spacial score (nSPS) is 10.3. The van der Waals surface area contributed by atoms with Crippen molar-refractivity contribution in [2.75, 3.05) is 16.8 Å². The molecule has 0 heterocycles. The fourth-order valence-corrected chi connectivity index (χ4v) is 2.57. The molecule has 6 heteroatoms. The van der Waals surface area contributed by atoms with Gasteiger partial charge < -0.3 is 11.1 Å².